The lowest BCUT2D eigenvalue weighted by atomic mass is 9.99. The minimum Gasteiger partial charge on any atom is -0.503 e. The molecular weight excluding hydrogens is 320 g/mol. The third-order valence-electron chi connectivity index (χ3n) is 3.55. The number of nitrogens with two attached hydrogens (primary N) is 1. The van der Waals surface area contributed by atoms with E-state index in [9.17, 15) is 5.11 Å². The van der Waals surface area contributed by atoms with Crippen molar-refractivity contribution in [2.45, 2.75) is 33.1 Å². The lowest BCUT2D eigenvalue weighted by Gasteiger charge is -2.14. The Morgan fingerprint density at radius 2 is 2.14 bits per heavy atom. The SMILES string of the molecule is CCOc1cc(CC(CN)c2nc(C)c(C)s2)cc(Cl)c1O. The monoisotopic (exact) mass is 340 g/mol. The summed E-state index contributed by atoms with van der Waals surface area (Å²) in [7, 11) is 0. The normalized spacial score (nSPS) is 12.4. The van der Waals surface area contributed by atoms with E-state index in [0.29, 0.717) is 30.3 Å². The number of aromatic nitrogens is 1. The van der Waals surface area contributed by atoms with E-state index in [0.717, 1.165) is 16.3 Å². The minimum absolute atomic E-state index is 0.0162. The van der Waals surface area contributed by atoms with E-state index in [1.807, 2.05) is 19.9 Å². The molecule has 0 saturated carbocycles. The molecular formula is C16H21ClN2O2S. The lowest BCUT2D eigenvalue weighted by molar-refractivity contribution is 0.318. The van der Waals surface area contributed by atoms with Crippen molar-refractivity contribution in [1.82, 2.24) is 4.98 Å². The van der Waals surface area contributed by atoms with E-state index >= 15 is 0 Å². The fourth-order valence-corrected chi connectivity index (χ4v) is 3.51. The summed E-state index contributed by atoms with van der Waals surface area (Å²) in [5, 5.41) is 11.2. The largest absolute Gasteiger partial charge is 0.503 e. The Hall–Kier alpha value is -1.30. The van der Waals surface area contributed by atoms with Gasteiger partial charge in [0.15, 0.2) is 11.5 Å². The van der Waals surface area contributed by atoms with Gasteiger partial charge < -0.3 is 15.6 Å². The molecule has 1 aromatic carbocycles. The number of aryl methyl sites for hydroxylation is 2. The highest BCUT2D eigenvalue weighted by molar-refractivity contribution is 7.11. The molecule has 0 aliphatic heterocycles. The van der Waals surface area contributed by atoms with Crippen LogP contribution < -0.4 is 10.5 Å². The summed E-state index contributed by atoms with van der Waals surface area (Å²) in [6.07, 6.45) is 0.711. The van der Waals surface area contributed by atoms with Gasteiger partial charge in [0.2, 0.25) is 0 Å². The molecule has 1 aromatic heterocycles. The molecule has 1 unspecified atom stereocenters. The molecule has 0 aliphatic rings. The number of nitrogens with zero attached hydrogens (tertiary/aromatic N) is 1. The molecule has 3 N–H and O–H groups in total. The average molecular weight is 341 g/mol. The summed E-state index contributed by atoms with van der Waals surface area (Å²) in [4.78, 5) is 5.82. The summed E-state index contributed by atoms with van der Waals surface area (Å²) in [6.45, 7) is 6.92. The molecule has 2 aromatic rings. The van der Waals surface area contributed by atoms with Crippen LogP contribution in [0.3, 0.4) is 0 Å². The van der Waals surface area contributed by atoms with Crippen LogP contribution in [0.1, 0.15) is 34.0 Å². The zero-order chi connectivity index (χ0) is 16.3. The number of hydrogen-bond acceptors (Lipinski definition) is 5. The second-order valence-electron chi connectivity index (χ2n) is 5.19. The molecule has 1 atom stereocenters. The van der Waals surface area contributed by atoms with Gasteiger partial charge in [-0.05, 0) is 44.9 Å². The average Bonchev–Trinajstić information content (AvgIpc) is 2.81. The Morgan fingerprint density at radius 1 is 1.41 bits per heavy atom. The third-order valence-corrected chi connectivity index (χ3v) is 5.07. The fraction of sp³-hybridized carbons (Fsp3) is 0.438. The zero-order valence-electron chi connectivity index (χ0n) is 13.0. The van der Waals surface area contributed by atoms with Gasteiger partial charge in [0.25, 0.3) is 0 Å². The predicted octanol–water partition coefficient (Wildman–Crippen LogP) is 3.80. The van der Waals surface area contributed by atoms with Crippen molar-refractivity contribution >= 4 is 22.9 Å². The molecule has 0 saturated heterocycles. The number of thiazole rings is 1. The molecule has 0 amide bonds. The van der Waals surface area contributed by atoms with Crippen molar-refractivity contribution < 1.29 is 9.84 Å². The number of hydrogen-bond donors (Lipinski definition) is 2. The Balaban J connectivity index is 2.27. The Labute approximate surface area is 139 Å². The van der Waals surface area contributed by atoms with Crippen LogP contribution in [0.25, 0.3) is 0 Å². The van der Waals surface area contributed by atoms with E-state index < -0.39 is 0 Å². The summed E-state index contributed by atoms with van der Waals surface area (Å²) >= 11 is 7.77. The molecule has 4 nitrogen and oxygen atoms in total. The minimum atomic E-state index is -0.0162. The quantitative estimate of drug-likeness (QED) is 0.839. The Bertz CT molecular complexity index is 638. The van der Waals surface area contributed by atoms with Crippen LogP contribution in [-0.4, -0.2) is 23.2 Å². The first-order chi connectivity index (χ1) is 10.5. The van der Waals surface area contributed by atoms with Gasteiger partial charge in [-0.3, -0.25) is 0 Å². The molecule has 2 rings (SSSR count). The van der Waals surface area contributed by atoms with E-state index in [4.69, 9.17) is 22.1 Å². The van der Waals surface area contributed by atoms with E-state index in [1.54, 1.807) is 17.4 Å². The maximum absolute atomic E-state index is 9.91. The Morgan fingerprint density at radius 3 is 2.68 bits per heavy atom. The standard InChI is InChI=1S/C16H21ClN2O2S/c1-4-21-14-7-11(6-13(17)15(14)20)5-12(8-18)16-19-9(2)10(3)22-16/h6-7,12,20H,4-5,8,18H2,1-3H3. The number of aromatic hydroxyl groups is 1. The highest BCUT2D eigenvalue weighted by atomic mass is 35.5. The fourth-order valence-electron chi connectivity index (χ4n) is 2.24. The molecule has 0 radical (unpaired) electrons. The van der Waals surface area contributed by atoms with Crippen molar-refractivity contribution in [1.29, 1.82) is 0 Å². The van der Waals surface area contributed by atoms with Crippen molar-refractivity contribution in [3.63, 3.8) is 0 Å². The highest BCUT2D eigenvalue weighted by Gasteiger charge is 2.18. The number of phenolic OH excluding ortho intramolecular Hbond substituents is 1. The van der Waals surface area contributed by atoms with Gasteiger partial charge in [-0.1, -0.05) is 11.6 Å². The summed E-state index contributed by atoms with van der Waals surface area (Å²) in [5.74, 6) is 0.525. The van der Waals surface area contributed by atoms with Gasteiger partial charge in [-0.15, -0.1) is 11.3 Å². The molecule has 120 valence electrons. The number of rotatable bonds is 6. The summed E-state index contributed by atoms with van der Waals surface area (Å²) in [6, 6.07) is 3.58. The van der Waals surface area contributed by atoms with Crippen molar-refractivity contribution in [2.75, 3.05) is 13.2 Å². The third kappa shape index (κ3) is 3.72. The zero-order valence-corrected chi connectivity index (χ0v) is 14.6. The van der Waals surface area contributed by atoms with Crippen molar-refractivity contribution in [3.05, 3.63) is 38.3 Å². The van der Waals surface area contributed by atoms with Crippen LogP contribution >= 0.6 is 22.9 Å². The lowest BCUT2D eigenvalue weighted by Crippen LogP contribution is -2.15. The second kappa shape index (κ2) is 7.31. The second-order valence-corrected chi connectivity index (χ2v) is 6.83. The molecule has 0 bridgehead atoms. The van der Waals surface area contributed by atoms with Gasteiger partial charge >= 0.3 is 0 Å². The van der Waals surface area contributed by atoms with Crippen LogP contribution in [-0.2, 0) is 6.42 Å². The Kier molecular flexibility index (Phi) is 5.67. The molecule has 6 heteroatoms. The maximum atomic E-state index is 9.91. The molecule has 1 heterocycles. The summed E-state index contributed by atoms with van der Waals surface area (Å²) in [5.41, 5.74) is 7.96. The number of phenols is 1. The molecule has 22 heavy (non-hydrogen) atoms. The predicted molar refractivity (Wildman–Crippen MR) is 91.4 cm³/mol. The van der Waals surface area contributed by atoms with Crippen LogP contribution in [0, 0.1) is 13.8 Å². The van der Waals surface area contributed by atoms with Crippen LogP contribution in [0.15, 0.2) is 12.1 Å². The van der Waals surface area contributed by atoms with E-state index in [2.05, 4.69) is 11.9 Å². The maximum Gasteiger partial charge on any atom is 0.176 e. The molecule has 0 aliphatic carbocycles. The highest BCUT2D eigenvalue weighted by Crippen LogP contribution is 2.37. The number of ether oxygens (including phenoxy) is 1. The first-order valence-electron chi connectivity index (χ1n) is 7.24. The van der Waals surface area contributed by atoms with Crippen LogP contribution in [0.5, 0.6) is 11.5 Å². The van der Waals surface area contributed by atoms with E-state index in [-0.39, 0.29) is 11.7 Å². The molecule has 0 fully saturated rings. The molecule has 0 spiro atoms. The van der Waals surface area contributed by atoms with Gasteiger partial charge in [0, 0.05) is 17.3 Å². The first kappa shape index (κ1) is 17.1. The number of halogens is 1. The first-order valence-corrected chi connectivity index (χ1v) is 8.43. The van der Waals surface area contributed by atoms with Gasteiger partial charge in [-0.25, -0.2) is 4.98 Å². The van der Waals surface area contributed by atoms with Crippen molar-refractivity contribution in [3.8, 4) is 11.5 Å². The van der Waals surface area contributed by atoms with Crippen LogP contribution in [0.2, 0.25) is 5.02 Å². The van der Waals surface area contributed by atoms with Gasteiger partial charge in [0.1, 0.15) is 0 Å². The summed E-state index contributed by atoms with van der Waals surface area (Å²) < 4.78 is 5.42. The van der Waals surface area contributed by atoms with Gasteiger partial charge in [0.05, 0.1) is 22.3 Å². The van der Waals surface area contributed by atoms with Crippen molar-refractivity contribution in [2.24, 2.45) is 5.73 Å². The van der Waals surface area contributed by atoms with Crippen LogP contribution in [0.4, 0.5) is 0 Å². The number of benzene rings is 1. The topological polar surface area (TPSA) is 68.4 Å². The van der Waals surface area contributed by atoms with E-state index in [1.165, 1.54) is 4.88 Å². The van der Waals surface area contributed by atoms with Gasteiger partial charge in [-0.2, -0.15) is 0 Å². The smallest absolute Gasteiger partial charge is 0.176 e.